The summed E-state index contributed by atoms with van der Waals surface area (Å²) in [5.41, 5.74) is 0.646. The average molecular weight is 551 g/mol. The zero-order valence-electron chi connectivity index (χ0n) is 16.6. The van der Waals surface area contributed by atoms with Crippen LogP contribution in [0.1, 0.15) is 10.6 Å². The maximum Gasteiger partial charge on any atom is 0.295 e. The summed E-state index contributed by atoms with van der Waals surface area (Å²) in [5, 5.41) is 0.501. The fourth-order valence-electron chi connectivity index (χ4n) is 3.15. The van der Waals surface area contributed by atoms with Gasteiger partial charge in [-0.2, -0.15) is 0 Å². The van der Waals surface area contributed by atoms with Crippen molar-refractivity contribution in [2.75, 3.05) is 50.5 Å². The van der Waals surface area contributed by atoms with Gasteiger partial charge in [0.2, 0.25) is 0 Å². The molecule has 0 atom stereocenters. The highest BCUT2D eigenvalue weighted by molar-refractivity contribution is 9.10. The molecule has 168 valence electrons. The van der Waals surface area contributed by atoms with Gasteiger partial charge in [-0.05, 0) is 46.3 Å². The van der Waals surface area contributed by atoms with Crippen molar-refractivity contribution < 1.29 is 22.4 Å². The molecule has 0 N–H and O–H groups in total. The number of furan rings is 1. The fraction of sp³-hybridized carbons (Fsp3) is 0.368. The Kier molecular flexibility index (Phi) is 7.76. The molecule has 0 radical (unpaired) electrons. The Bertz CT molecular complexity index is 1170. The third-order valence-corrected chi connectivity index (χ3v) is 7.36. The third kappa shape index (κ3) is 5.65. The lowest BCUT2D eigenvalue weighted by Crippen LogP contribution is -2.43. The highest BCUT2D eigenvalue weighted by Gasteiger charge is 2.25. The zero-order valence-corrected chi connectivity index (χ0v) is 20.7. The normalized spacial score (nSPS) is 15.0. The van der Waals surface area contributed by atoms with E-state index in [2.05, 4.69) is 25.8 Å². The summed E-state index contributed by atoms with van der Waals surface area (Å²) in [6.07, 6.45) is 1.17. The maximum atomic E-state index is 13.2. The predicted octanol–water partition coefficient (Wildman–Crippen LogP) is 3.46. The Balaban J connectivity index is 0.00000272. The molecule has 0 bridgehead atoms. The zero-order chi connectivity index (χ0) is 21.3. The molecule has 0 unspecified atom stereocenters. The Morgan fingerprint density at radius 3 is 2.65 bits per heavy atom. The molecule has 12 heteroatoms. The van der Waals surface area contributed by atoms with Crippen molar-refractivity contribution in [3.8, 4) is 0 Å². The van der Waals surface area contributed by atoms with E-state index < -0.39 is 9.84 Å². The van der Waals surface area contributed by atoms with Crippen molar-refractivity contribution in [2.45, 2.75) is 4.90 Å². The lowest BCUT2D eigenvalue weighted by atomic mass is 10.3. The van der Waals surface area contributed by atoms with Gasteiger partial charge in [0.1, 0.15) is 0 Å². The third-order valence-electron chi connectivity index (χ3n) is 4.78. The van der Waals surface area contributed by atoms with Gasteiger partial charge in [0.15, 0.2) is 25.4 Å². The molecule has 1 fully saturated rings. The standard InChI is InChI=1S/C19H20BrN3O5S2.ClH/c1-30(25,26)13-2-3-14-16(12-13)29-19(21-14)23(7-6-22-8-10-27-11-9-22)18(24)15-4-5-17(20)28-15;/h2-5,12H,6-11H2,1H3;1H. The molecule has 1 amide bonds. The predicted molar refractivity (Wildman–Crippen MR) is 125 cm³/mol. The number of carbonyl (C=O) groups excluding carboxylic acids is 1. The summed E-state index contributed by atoms with van der Waals surface area (Å²) in [6.45, 7) is 4.07. The summed E-state index contributed by atoms with van der Waals surface area (Å²) in [7, 11) is -3.33. The largest absolute Gasteiger partial charge is 0.444 e. The first kappa shape index (κ1) is 24.1. The van der Waals surface area contributed by atoms with E-state index in [0.717, 1.165) is 13.1 Å². The first-order chi connectivity index (χ1) is 14.3. The lowest BCUT2D eigenvalue weighted by molar-refractivity contribution is 0.0390. The Hall–Kier alpha value is -1.50. The Labute approximate surface area is 198 Å². The number of rotatable bonds is 6. The molecule has 0 spiro atoms. The average Bonchev–Trinajstić information content (AvgIpc) is 3.33. The molecule has 4 rings (SSSR count). The van der Waals surface area contributed by atoms with Crippen molar-refractivity contribution in [1.29, 1.82) is 0 Å². The second kappa shape index (κ2) is 9.97. The Morgan fingerprint density at radius 1 is 1.26 bits per heavy atom. The van der Waals surface area contributed by atoms with E-state index in [1.807, 2.05) is 0 Å². The van der Waals surface area contributed by atoms with Gasteiger partial charge in [-0.1, -0.05) is 11.3 Å². The summed E-state index contributed by atoms with van der Waals surface area (Å²) in [6, 6.07) is 8.08. The van der Waals surface area contributed by atoms with E-state index in [4.69, 9.17) is 9.15 Å². The number of carbonyl (C=O) groups is 1. The van der Waals surface area contributed by atoms with E-state index in [9.17, 15) is 13.2 Å². The van der Waals surface area contributed by atoms with Crippen molar-refractivity contribution in [3.05, 3.63) is 40.8 Å². The fourth-order valence-corrected chi connectivity index (χ4v) is 5.21. The van der Waals surface area contributed by atoms with Gasteiger partial charge in [0.25, 0.3) is 5.91 Å². The minimum absolute atomic E-state index is 0. The van der Waals surface area contributed by atoms with Crippen LogP contribution in [-0.4, -0.2) is 69.9 Å². The summed E-state index contributed by atoms with van der Waals surface area (Å²) >= 11 is 4.52. The molecular formula is C19H21BrClN3O5S2. The molecular weight excluding hydrogens is 530 g/mol. The van der Waals surface area contributed by atoms with Crippen LogP contribution in [0.25, 0.3) is 10.2 Å². The van der Waals surface area contributed by atoms with Crippen molar-refractivity contribution >= 4 is 70.8 Å². The number of ether oxygens (including phenoxy) is 1. The number of benzene rings is 1. The minimum atomic E-state index is -3.33. The molecule has 1 saturated heterocycles. The number of aromatic nitrogens is 1. The topological polar surface area (TPSA) is 93.0 Å². The van der Waals surface area contributed by atoms with Crippen LogP contribution in [0.2, 0.25) is 0 Å². The van der Waals surface area contributed by atoms with Gasteiger partial charge in [-0.3, -0.25) is 14.6 Å². The van der Waals surface area contributed by atoms with Crippen molar-refractivity contribution in [3.63, 3.8) is 0 Å². The molecule has 0 saturated carbocycles. The molecule has 1 aliphatic heterocycles. The molecule has 2 aromatic heterocycles. The van der Waals surface area contributed by atoms with E-state index in [-0.39, 0.29) is 29.0 Å². The van der Waals surface area contributed by atoms with Crippen LogP contribution in [0.15, 0.2) is 44.3 Å². The number of hydrogen-bond donors (Lipinski definition) is 0. The first-order valence-electron chi connectivity index (χ1n) is 9.29. The number of hydrogen-bond acceptors (Lipinski definition) is 8. The second-order valence-corrected chi connectivity index (χ2v) is 10.7. The molecule has 1 aliphatic rings. The van der Waals surface area contributed by atoms with Crippen LogP contribution in [0, 0.1) is 0 Å². The smallest absolute Gasteiger partial charge is 0.295 e. The van der Waals surface area contributed by atoms with Gasteiger partial charge >= 0.3 is 0 Å². The number of thiazole rings is 1. The quantitative estimate of drug-likeness (QED) is 0.464. The number of amides is 1. The number of nitrogens with zero attached hydrogens (tertiary/aromatic N) is 3. The van der Waals surface area contributed by atoms with Crippen LogP contribution in [0.4, 0.5) is 5.13 Å². The van der Waals surface area contributed by atoms with Gasteiger partial charge in [0.05, 0.1) is 28.3 Å². The summed E-state index contributed by atoms with van der Waals surface area (Å²) in [4.78, 5) is 21.8. The molecule has 0 aliphatic carbocycles. The number of halogens is 2. The number of sulfone groups is 1. The maximum absolute atomic E-state index is 13.2. The Morgan fingerprint density at radius 2 is 2.00 bits per heavy atom. The summed E-state index contributed by atoms with van der Waals surface area (Å²) < 4.78 is 35.8. The second-order valence-electron chi connectivity index (χ2n) is 6.91. The van der Waals surface area contributed by atoms with Crippen LogP contribution >= 0.6 is 39.7 Å². The van der Waals surface area contributed by atoms with E-state index in [1.165, 1.54) is 23.7 Å². The molecule has 1 aromatic carbocycles. The minimum Gasteiger partial charge on any atom is -0.444 e. The number of anilines is 1. The van der Waals surface area contributed by atoms with Crippen molar-refractivity contribution in [1.82, 2.24) is 9.88 Å². The van der Waals surface area contributed by atoms with E-state index in [1.54, 1.807) is 29.2 Å². The van der Waals surface area contributed by atoms with Crippen LogP contribution in [0.5, 0.6) is 0 Å². The molecule has 3 heterocycles. The van der Waals surface area contributed by atoms with Gasteiger partial charge < -0.3 is 9.15 Å². The molecule has 3 aromatic rings. The number of morpholine rings is 1. The van der Waals surface area contributed by atoms with Gasteiger partial charge in [-0.25, -0.2) is 13.4 Å². The van der Waals surface area contributed by atoms with E-state index >= 15 is 0 Å². The monoisotopic (exact) mass is 549 g/mol. The van der Waals surface area contributed by atoms with Crippen LogP contribution in [0.3, 0.4) is 0 Å². The number of fused-ring (bicyclic) bond motifs is 1. The van der Waals surface area contributed by atoms with Crippen LogP contribution < -0.4 is 4.90 Å². The van der Waals surface area contributed by atoms with E-state index in [0.29, 0.717) is 46.3 Å². The van der Waals surface area contributed by atoms with Gasteiger partial charge in [0, 0.05) is 32.4 Å². The van der Waals surface area contributed by atoms with Gasteiger partial charge in [-0.15, -0.1) is 12.4 Å². The highest BCUT2D eigenvalue weighted by atomic mass is 79.9. The summed E-state index contributed by atoms with van der Waals surface area (Å²) in [5.74, 6) is -0.0868. The van der Waals surface area contributed by atoms with Crippen molar-refractivity contribution in [2.24, 2.45) is 0 Å². The molecule has 31 heavy (non-hydrogen) atoms. The first-order valence-corrected chi connectivity index (χ1v) is 12.8. The SMILES string of the molecule is CS(=O)(=O)c1ccc2nc(N(CCN3CCOCC3)C(=O)c3ccc(Br)o3)sc2c1.Cl. The van der Waals surface area contributed by atoms with Crippen LogP contribution in [-0.2, 0) is 14.6 Å². The molecule has 8 nitrogen and oxygen atoms in total. The highest BCUT2D eigenvalue weighted by Crippen LogP contribution is 2.32. The lowest BCUT2D eigenvalue weighted by Gasteiger charge is -2.28.